The van der Waals surface area contributed by atoms with Gasteiger partial charge in [0.25, 0.3) is 5.91 Å². The minimum Gasteiger partial charge on any atom is -0.496 e. The second kappa shape index (κ2) is 10.3. The van der Waals surface area contributed by atoms with Crippen LogP contribution < -0.4 is 10.5 Å². The third kappa shape index (κ3) is 5.18. The number of likely N-dealkylation sites (tertiary alicyclic amines) is 1. The van der Waals surface area contributed by atoms with E-state index < -0.39 is 48.2 Å². The molecule has 11 nitrogen and oxygen atoms in total. The summed E-state index contributed by atoms with van der Waals surface area (Å²) in [6, 6.07) is 4.88. The topological polar surface area (TPSA) is 150 Å². The zero-order valence-corrected chi connectivity index (χ0v) is 22.8. The number of halogens is 1. The monoisotopic (exact) mass is 559 g/mol. The standard InChI is InChI=1S/C26H30FN5O6S/c1-24(2,3)17-7-6-16(12-18(17)37-4)21(33)32-19(20-29-9-11-39-20)25(27,15-38-23(28)36)13-26(32,22(34)35)14-31-10-5-8-30-31/h5-12,19H,13-15H2,1-4H3,(H2,28,36)(H,34,35). The first-order chi connectivity index (χ1) is 18.3. The van der Waals surface area contributed by atoms with E-state index in [1.807, 2.05) is 20.8 Å². The lowest BCUT2D eigenvalue weighted by molar-refractivity contribution is -0.150. The van der Waals surface area contributed by atoms with Gasteiger partial charge < -0.3 is 25.2 Å². The Morgan fingerprint density at radius 2 is 2.03 bits per heavy atom. The van der Waals surface area contributed by atoms with Gasteiger partial charge in [-0.05, 0) is 29.2 Å². The number of hydrogen-bond donors (Lipinski definition) is 2. The number of carbonyl (C=O) groups excluding carboxylic acids is 2. The third-order valence-corrected chi connectivity index (χ3v) is 7.62. The van der Waals surface area contributed by atoms with Crippen LogP contribution >= 0.6 is 11.3 Å². The molecule has 3 heterocycles. The predicted molar refractivity (Wildman–Crippen MR) is 139 cm³/mol. The lowest BCUT2D eigenvalue weighted by Crippen LogP contribution is -2.56. The van der Waals surface area contributed by atoms with E-state index in [4.69, 9.17) is 15.2 Å². The Bertz CT molecular complexity index is 1360. The molecule has 2 amide bonds. The Morgan fingerprint density at radius 3 is 2.56 bits per heavy atom. The minimum absolute atomic E-state index is 0.0903. The highest BCUT2D eigenvalue weighted by Gasteiger charge is 2.68. The SMILES string of the molecule is COc1cc(C(=O)N2C(c3nccs3)C(F)(COC(N)=O)CC2(Cn2cccn2)C(=O)O)ccc1C(C)(C)C. The predicted octanol–water partition coefficient (Wildman–Crippen LogP) is 3.56. The fourth-order valence-corrected chi connectivity index (χ4v) is 5.93. The van der Waals surface area contributed by atoms with Gasteiger partial charge in [-0.2, -0.15) is 5.10 Å². The second-order valence-electron chi connectivity index (χ2n) is 10.5. The van der Waals surface area contributed by atoms with Gasteiger partial charge in [0.05, 0.1) is 13.7 Å². The highest BCUT2D eigenvalue weighted by Crippen LogP contribution is 2.53. The molecule has 3 atom stereocenters. The fourth-order valence-electron chi connectivity index (χ4n) is 5.10. The number of aliphatic carboxylic acids is 1. The summed E-state index contributed by atoms with van der Waals surface area (Å²) in [5.74, 6) is -1.79. The number of benzene rings is 1. The summed E-state index contributed by atoms with van der Waals surface area (Å²) in [6.07, 6.45) is 2.45. The number of methoxy groups -OCH3 is 1. The molecule has 3 unspecified atom stereocenters. The molecule has 13 heteroatoms. The number of carboxylic acid groups (broad SMARTS) is 1. The van der Waals surface area contributed by atoms with Crippen molar-refractivity contribution in [2.24, 2.45) is 5.73 Å². The maximum Gasteiger partial charge on any atom is 0.404 e. The first-order valence-electron chi connectivity index (χ1n) is 12.1. The first kappa shape index (κ1) is 28.0. The Morgan fingerprint density at radius 1 is 1.28 bits per heavy atom. The van der Waals surface area contributed by atoms with E-state index in [-0.39, 0.29) is 22.5 Å². The van der Waals surface area contributed by atoms with Crippen LogP contribution in [0.15, 0.2) is 48.2 Å². The Hall–Kier alpha value is -4.00. The smallest absolute Gasteiger partial charge is 0.404 e. The van der Waals surface area contributed by atoms with E-state index in [2.05, 4.69) is 10.1 Å². The van der Waals surface area contributed by atoms with Crippen LogP contribution in [0.3, 0.4) is 0 Å². The molecule has 1 aliphatic rings. The summed E-state index contributed by atoms with van der Waals surface area (Å²) in [5, 5.41) is 16.5. The van der Waals surface area contributed by atoms with Gasteiger partial charge in [0.1, 0.15) is 23.4 Å². The van der Waals surface area contributed by atoms with Crippen molar-refractivity contribution in [2.45, 2.75) is 56.4 Å². The summed E-state index contributed by atoms with van der Waals surface area (Å²) < 4.78 is 28.7. The molecule has 1 saturated heterocycles. The van der Waals surface area contributed by atoms with Crippen LogP contribution in [0.25, 0.3) is 0 Å². The summed E-state index contributed by atoms with van der Waals surface area (Å²) >= 11 is 1.05. The van der Waals surface area contributed by atoms with Crippen molar-refractivity contribution in [1.82, 2.24) is 19.7 Å². The van der Waals surface area contributed by atoms with Crippen LogP contribution in [0, 0.1) is 0 Å². The van der Waals surface area contributed by atoms with Gasteiger partial charge in [0.15, 0.2) is 11.2 Å². The summed E-state index contributed by atoms with van der Waals surface area (Å²) in [4.78, 5) is 44.1. The Balaban J connectivity index is 1.93. The van der Waals surface area contributed by atoms with E-state index in [1.54, 1.807) is 23.6 Å². The van der Waals surface area contributed by atoms with E-state index in [1.165, 1.54) is 36.4 Å². The van der Waals surface area contributed by atoms with Crippen LogP contribution in [0.2, 0.25) is 0 Å². The lowest BCUT2D eigenvalue weighted by atomic mass is 9.85. The van der Waals surface area contributed by atoms with E-state index in [0.29, 0.717) is 5.75 Å². The Kier molecular flexibility index (Phi) is 7.39. The molecule has 0 bridgehead atoms. The molecule has 0 saturated carbocycles. The van der Waals surface area contributed by atoms with Gasteiger partial charge in [-0.25, -0.2) is 19.0 Å². The van der Waals surface area contributed by atoms with Crippen LogP contribution in [-0.2, 0) is 21.5 Å². The molecule has 39 heavy (non-hydrogen) atoms. The van der Waals surface area contributed by atoms with Crippen LogP contribution in [0.1, 0.15) is 54.2 Å². The molecular formula is C26H30FN5O6S. The average Bonchev–Trinajstić information content (AvgIpc) is 3.62. The van der Waals surface area contributed by atoms with Crippen LogP contribution in [0.4, 0.5) is 9.18 Å². The second-order valence-corrected chi connectivity index (χ2v) is 11.4. The molecule has 0 aliphatic carbocycles. The number of alkyl halides is 1. The van der Waals surface area contributed by atoms with Gasteiger partial charge in [0, 0.05) is 36.0 Å². The Labute approximate surface area is 228 Å². The number of ether oxygens (including phenoxy) is 2. The molecule has 3 aromatic rings. The van der Waals surface area contributed by atoms with Crippen LogP contribution in [-0.4, -0.2) is 67.7 Å². The molecule has 2 aromatic heterocycles. The summed E-state index contributed by atoms with van der Waals surface area (Å²) in [7, 11) is 1.47. The van der Waals surface area contributed by atoms with E-state index in [0.717, 1.165) is 21.8 Å². The van der Waals surface area contributed by atoms with E-state index in [9.17, 15) is 19.5 Å². The van der Waals surface area contributed by atoms with Crippen molar-refractivity contribution in [1.29, 1.82) is 0 Å². The molecule has 4 rings (SSSR count). The maximum absolute atomic E-state index is 17.0. The van der Waals surface area contributed by atoms with E-state index >= 15 is 4.39 Å². The number of primary amides is 1. The minimum atomic E-state index is -2.54. The number of aromatic nitrogens is 3. The maximum atomic E-state index is 17.0. The van der Waals surface area contributed by atoms with Crippen molar-refractivity contribution in [3.8, 4) is 5.75 Å². The number of carbonyl (C=O) groups is 3. The molecular weight excluding hydrogens is 529 g/mol. The molecule has 208 valence electrons. The first-order valence-corrected chi connectivity index (χ1v) is 12.9. The molecule has 0 radical (unpaired) electrons. The zero-order chi connectivity index (χ0) is 28.6. The van der Waals surface area contributed by atoms with Gasteiger partial charge >= 0.3 is 12.1 Å². The quantitative estimate of drug-likeness (QED) is 0.425. The van der Waals surface area contributed by atoms with Crippen molar-refractivity contribution in [2.75, 3.05) is 13.7 Å². The zero-order valence-electron chi connectivity index (χ0n) is 22.0. The highest BCUT2D eigenvalue weighted by atomic mass is 32.1. The van der Waals surface area contributed by atoms with Gasteiger partial charge in [0.2, 0.25) is 0 Å². The number of thiazole rings is 1. The summed E-state index contributed by atoms with van der Waals surface area (Å²) in [5.41, 5.74) is 1.07. The van der Waals surface area contributed by atoms with Crippen molar-refractivity contribution < 1.29 is 33.4 Å². The number of nitrogens with zero attached hydrogens (tertiary/aromatic N) is 4. The lowest BCUT2D eigenvalue weighted by Gasteiger charge is -2.37. The average molecular weight is 560 g/mol. The normalized spacial score (nSPS) is 23.0. The summed E-state index contributed by atoms with van der Waals surface area (Å²) in [6.45, 7) is 4.71. The van der Waals surface area contributed by atoms with Gasteiger partial charge in [-0.1, -0.05) is 26.8 Å². The number of nitrogens with two attached hydrogens (primary N) is 1. The number of rotatable bonds is 8. The molecule has 0 spiro atoms. The molecule has 1 aliphatic heterocycles. The van der Waals surface area contributed by atoms with Crippen LogP contribution in [0.5, 0.6) is 5.75 Å². The number of carboxylic acids is 1. The highest BCUT2D eigenvalue weighted by molar-refractivity contribution is 7.09. The number of hydrogen-bond acceptors (Lipinski definition) is 8. The van der Waals surface area contributed by atoms with Crippen molar-refractivity contribution >= 4 is 29.3 Å². The number of amides is 2. The molecule has 1 fully saturated rings. The molecule has 3 N–H and O–H groups in total. The fraction of sp³-hybridized carbons (Fsp3) is 0.423. The molecule has 1 aromatic carbocycles. The largest absolute Gasteiger partial charge is 0.496 e. The van der Waals surface area contributed by atoms with Crippen molar-refractivity contribution in [3.05, 3.63) is 64.4 Å². The van der Waals surface area contributed by atoms with Crippen molar-refractivity contribution in [3.63, 3.8) is 0 Å². The van der Waals surface area contributed by atoms with Gasteiger partial charge in [-0.3, -0.25) is 9.48 Å². The van der Waals surface area contributed by atoms with Gasteiger partial charge in [-0.15, -0.1) is 11.3 Å². The third-order valence-electron chi connectivity index (χ3n) is 6.79.